The normalized spacial score (nSPS) is 10.4. The second-order valence-electron chi connectivity index (χ2n) is 5.95. The van der Waals surface area contributed by atoms with Crippen LogP contribution in [0.5, 0.6) is 11.5 Å². The van der Waals surface area contributed by atoms with Crippen LogP contribution in [0.1, 0.15) is 23.1 Å². The molecule has 1 N–H and O–H groups in total. The third kappa shape index (κ3) is 4.48. The Morgan fingerprint density at radius 2 is 2.04 bits per heavy atom. The molecule has 0 spiro atoms. The van der Waals surface area contributed by atoms with Crippen LogP contribution in [0.25, 0.3) is 11.3 Å². The topological polar surface area (TPSA) is 73.3 Å². The summed E-state index contributed by atoms with van der Waals surface area (Å²) in [7, 11) is 1.54. The fraction of sp³-hybridized carbons (Fsp3) is 0.190. The van der Waals surface area contributed by atoms with Crippen molar-refractivity contribution in [3.8, 4) is 22.8 Å². The molecule has 1 heterocycles. The van der Waals surface area contributed by atoms with Gasteiger partial charge < -0.3 is 14.8 Å². The van der Waals surface area contributed by atoms with Crippen LogP contribution in [0.15, 0.2) is 53.1 Å². The first-order valence-corrected chi connectivity index (χ1v) is 9.53. The molecule has 0 saturated carbocycles. The predicted octanol–water partition coefficient (Wildman–Crippen LogP) is 4.87. The van der Waals surface area contributed by atoms with Crippen LogP contribution < -0.4 is 14.8 Å². The molecule has 1 amide bonds. The van der Waals surface area contributed by atoms with E-state index < -0.39 is 0 Å². The van der Waals surface area contributed by atoms with Crippen molar-refractivity contribution in [3.05, 3.63) is 64.5 Å². The third-order valence-electron chi connectivity index (χ3n) is 3.97. The summed E-state index contributed by atoms with van der Waals surface area (Å²) in [6, 6.07) is 12.7. The molecule has 3 aromatic rings. The first kappa shape index (κ1) is 19.8. The number of ether oxygens (including phenoxy) is 2. The second-order valence-corrected chi connectivity index (χ2v) is 6.80. The molecule has 7 heteroatoms. The Hall–Kier alpha value is -2.93. The van der Waals surface area contributed by atoms with Gasteiger partial charge >= 0.3 is 0 Å². The average Bonchev–Trinajstić information content (AvgIpc) is 2.69. The SMILES string of the molecule is CCOc1c(Br)cc(C(=O)Nc2cccc(-c3ccnc(C)n3)c2)cc1OC. The summed E-state index contributed by atoms with van der Waals surface area (Å²) in [6.07, 6.45) is 1.71. The number of aryl methyl sites for hydroxylation is 1. The van der Waals surface area contributed by atoms with Gasteiger partial charge in [0.2, 0.25) is 0 Å². The van der Waals surface area contributed by atoms with Crippen LogP contribution in [0, 0.1) is 6.92 Å². The molecule has 0 aliphatic heterocycles. The Bertz CT molecular complexity index is 1010. The van der Waals surface area contributed by atoms with Gasteiger partial charge in [-0.15, -0.1) is 0 Å². The van der Waals surface area contributed by atoms with E-state index in [1.807, 2.05) is 44.2 Å². The van der Waals surface area contributed by atoms with Crippen LogP contribution in [0.2, 0.25) is 0 Å². The highest BCUT2D eigenvalue weighted by Crippen LogP contribution is 2.37. The number of aromatic nitrogens is 2. The smallest absolute Gasteiger partial charge is 0.255 e. The third-order valence-corrected chi connectivity index (χ3v) is 4.56. The number of anilines is 1. The van der Waals surface area contributed by atoms with Crippen LogP contribution in [0.3, 0.4) is 0 Å². The van der Waals surface area contributed by atoms with Crippen molar-refractivity contribution in [1.29, 1.82) is 0 Å². The fourth-order valence-electron chi connectivity index (χ4n) is 2.71. The van der Waals surface area contributed by atoms with Crippen LogP contribution in [-0.4, -0.2) is 29.6 Å². The molecule has 0 atom stereocenters. The minimum absolute atomic E-state index is 0.252. The number of benzene rings is 2. The molecule has 1 aromatic heterocycles. The zero-order chi connectivity index (χ0) is 20.1. The minimum Gasteiger partial charge on any atom is -0.493 e. The summed E-state index contributed by atoms with van der Waals surface area (Å²) in [5.41, 5.74) is 2.82. The number of amides is 1. The van der Waals surface area contributed by atoms with Crippen molar-refractivity contribution in [1.82, 2.24) is 9.97 Å². The number of halogens is 1. The molecular formula is C21H20BrN3O3. The molecule has 28 heavy (non-hydrogen) atoms. The van der Waals surface area contributed by atoms with Crippen LogP contribution in [0.4, 0.5) is 5.69 Å². The second kappa shape index (κ2) is 8.84. The van der Waals surface area contributed by atoms with Gasteiger partial charge in [-0.2, -0.15) is 0 Å². The van der Waals surface area contributed by atoms with E-state index in [9.17, 15) is 4.79 Å². The lowest BCUT2D eigenvalue weighted by Crippen LogP contribution is -2.12. The van der Waals surface area contributed by atoms with Crippen LogP contribution in [-0.2, 0) is 0 Å². The maximum atomic E-state index is 12.8. The summed E-state index contributed by atoms with van der Waals surface area (Å²) in [5.74, 6) is 1.51. The van der Waals surface area contributed by atoms with Gasteiger partial charge in [0.25, 0.3) is 5.91 Å². The monoisotopic (exact) mass is 441 g/mol. The van der Waals surface area contributed by atoms with E-state index in [0.717, 1.165) is 11.3 Å². The Balaban J connectivity index is 1.85. The summed E-state index contributed by atoms with van der Waals surface area (Å²) in [4.78, 5) is 21.3. The Labute approximate surface area is 172 Å². The van der Waals surface area contributed by atoms with Crippen molar-refractivity contribution < 1.29 is 14.3 Å². The number of nitrogens with zero attached hydrogens (tertiary/aromatic N) is 2. The van der Waals surface area contributed by atoms with E-state index in [2.05, 4.69) is 31.2 Å². The quantitative estimate of drug-likeness (QED) is 0.590. The molecule has 0 aliphatic rings. The summed E-state index contributed by atoms with van der Waals surface area (Å²) in [6.45, 7) is 4.22. The summed E-state index contributed by atoms with van der Waals surface area (Å²) < 4.78 is 11.6. The molecule has 2 aromatic carbocycles. The number of carbonyl (C=O) groups excluding carboxylic acids is 1. The molecule has 0 bridgehead atoms. The van der Waals surface area contributed by atoms with E-state index in [1.165, 1.54) is 0 Å². The molecule has 0 saturated heterocycles. The van der Waals surface area contributed by atoms with Crippen molar-refractivity contribution in [3.63, 3.8) is 0 Å². The first-order valence-electron chi connectivity index (χ1n) is 8.73. The molecule has 6 nitrogen and oxygen atoms in total. The number of hydrogen-bond donors (Lipinski definition) is 1. The lowest BCUT2D eigenvalue weighted by atomic mass is 10.1. The molecule has 3 rings (SSSR count). The molecule has 0 fully saturated rings. The highest BCUT2D eigenvalue weighted by atomic mass is 79.9. The van der Waals surface area contributed by atoms with Gasteiger partial charge in [0.15, 0.2) is 11.5 Å². The molecule has 144 valence electrons. The number of rotatable bonds is 6. The van der Waals surface area contributed by atoms with E-state index in [-0.39, 0.29) is 5.91 Å². The standard InChI is InChI=1S/C21H20BrN3O3/c1-4-28-20-17(22)11-15(12-19(20)27-3)21(26)25-16-7-5-6-14(10-16)18-8-9-23-13(2)24-18/h5-12H,4H2,1-3H3,(H,25,26). The van der Waals surface area contributed by atoms with Crippen molar-refractivity contribution >= 4 is 27.5 Å². The first-order chi connectivity index (χ1) is 13.5. The van der Waals surface area contributed by atoms with Crippen molar-refractivity contribution in [2.24, 2.45) is 0 Å². The number of hydrogen-bond acceptors (Lipinski definition) is 5. The van der Waals surface area contributed by atoms with Gasteiger partial charge in [0.05, 0.1) is 23.9 Å². The zero-order valence-electron chi connectivity index (χ0n) is 15.8. The largest absolute Gasteiger partial charge is 0.493 e. The van der Waals surface area contributed by atoms with Gasteiger partial charge in [-0.1, -0.05) is 12.1 Å². The Kier molecular flexibility index (Phi) is 6.26. The number of methoxy groups -OCH3 is 1. The molecule has 0 unspecified atom stereocenters. The van der Waals surface area contributed by atoms with Gasteiger partial charge in [-0.3, -0.25) is 4.79 Å². The van der Waals surface area contributed by atoms with Crippen molar-refractivity contribution in [2.45, 2.75) is 13.8 Å². The lowest BCUT2D eigenvalue weighted by molar-refractivity contribution is 0.102. The van der Waals surface area contributed by atoms with E-state index in [1.54, 1.807) is 25.4 Å². The highest BCUT2D eigenvalue weighted by Gasteiger charge is 2.16. The van der Waals surface area contributed by atoms with Crippen LogP contribution >= 0.6 is 15.9 Å². The average molecular weight is 442 g/mol. The lowest BCUT2D eigenvalue weighted by Gasteiger charge is -2.13. The van der Waals surface area contributed by atoms with E-state index >= 15 is 0 Å². The summed E-state index contributed by atoms with van der Waals surface area (Å²) >= 11 is 3.44. The number of carbonyl (C=O) groups is 1. The zero-order valence-corrected chi connectivity index (χ0v) is 17.4. The molecular weight excluding hydrogens is 422 g/mol. The maximum Gasteiger partial charge on any atom is 0.255 e. The van der Waals surface area contributed by atoms with E-state index in [4.69, 9.17) is 9.47 Å². The van der Waals surface area contributed by atoms with Gasteiger partial charge in [-0.25, -0.2) is 9.97 Å². The minimum atomic E-state index is -0.252. The van der Waals surface area contributed by atoms with Crippen molar-refractivity contribution in [2.75, 3.05) is 19.0 Å². The van der Waals surface area contributed by atoms with Gasteiger partial charge in [0, 0.05) is 23.0 Å². The molecule has 0 radical (unpaired) electrons. The summed E-state index contributed by atoms with van der Waals surface area (Å²) in [5, 5.41) is 2.91. The number of nitrogens with one attached hydrogen (secondary N) is 1. The fourth-order valence-corrected chi connectivity index (χ4v) is 3.27. The van der Waals surface area contributed by atoms with Gasteiger partial charge in [0.1, 0.15) is 5.82 Å². The van der Waals surface area contributed by atoms with Gasteiger partial charge in [-0.05, 0) is 60.1 Å². The highest BCUT2D eigenvalue weighted by molar-refractivity contribution is 9.10. The molecule has 0 aliphatic carbocycles. The maximum absolute atomic E-state index is 12.8. The van der Waals surface area contributed by atoms with E-state index in [0.29, 0.717) is 39.7 Å². The Morgan fingerprint density at radius 1 is 1.21 bits per heavy atom. The Morgan fingerprint density at radius 3 is 2.75 bits per heavy atom. The predicted molar refractivity (Wildman–Crippen MR) is 112 cm³/mol.